The number of aromatic nitrogens is 1. The van der Waals surface area contributed by atoms with Gasteiger partial charge in [-0.25, -0.2) is 0 Å². The summed E-state index contributed by atoms with van der Waals surface area (Å²) in [6.45, 7) is 8.15. The third kappa shape index (κ3) is 3.21. The number of nitrogens with zero attached hydrogens (tertiary/aromatic N) is 3. The molecule has 18 heavy (non-hydrogen) atoms. The minimum atomic E-state index is 0.228. The highest BCUT2D eigenvalue weighted by Crippen LogP contribution is 2.06. The molecule has 0 unspecified atom stereocenters. The van der Waals surface area contributed by atoms with Gasteiger partial charge in [0.2, 0.25) is 0 Å². The standard InChI is InChI=1S/C14H23N3O/c1-3-6-16-8-10-17(11-9-16)12-14(18)13-5-4-7-15(13)2/h4-5,7H,3,6,8-12H2,1-2H3. The van der Waals surface area contributed by atoms with E-state index in [9.17, 15) is 4.79 Å². The van der Waals surface area contributed by atoms with Gasteiger partial charge < -0.3 is 9.47 Å². The molecule has 0 spiro atoms. The second-order valence-electron chi connectivity index (χ2n) is 5.05. The SMILES string of the molecule is CCCN1CCN(CC(=O)c2cccn2C)CC1. The van der Waals surface area contributed by atoms with E-state index in [0.29, 0.717) is 6.54 Å². The van der Waals surface area contributed by atoms with Crippen molar-refractivity contribution in [2.24, 2.45) is 7.05 Å². The number of aryl methyl sites for hydroxylation is 1. The number of ketones is 1. The molecule has 4 nitrogen and oxygen atoms in total. The van der Waals surface area contributed by atoms with Crippen LogP contribution in [0.15, 0.2) is 18.3 Å². The molecule has 1 aromatic rings. The molecule has 1 saturated heterocycles. The highest BCUT2D eigenvalue weighted by molar-refractivity contribution is 5.96. The zero-order valence-electron chi connectivity index (χ0n) is 11.4. The zero-order chi connectivity index (χ0) is 13.0. The molecule has 1 fully saturated rings. The molecule has 0 atom stereocenters. The minimum absolute atomic E-state index is 0.228. The van der Waals surface area contributed by atoms with Gasteiger partial charge in [-0.05, 0) is 25.1 Å². The van der Waals surface area contributed by atoms with Crippen LogP contribution in [-0.4, -0.2) is 59.4 Å². The summed E-state index contributed by atoms with van der Waals surface area (Å²) in [7, 11) is 1.92. The molecule has 0 aliphatic carbocycles. The van der Waals surface area contributed by atoms with Crippen LogP contribution in [0.1, 0.15) is 23.8 Å². The summed E-state index contributed by atoms with van der Waals surface area (Å²) in [4.78, 5) is 16.9. The predicted molar refractivity (Wildman–Crippen MR) is 72.9 cm³/mol. The third-order valence-electron chi connectivity index (χ3n) is 3.60. The molecule has 0 amide bonds. The molecule has 100 valence electrons. The maximum Gasteiger partial charge on any atom is 0.193 e. The summed E-state index contributed by atoms with van der Waals surface area (Å²) in [5.41, 5.74) is 0.811. The fourth-order valence-corrected chi connectivity index (χ4v) is 2.52. The average molecular weight is 249 g/mol. The molecule has 1 aliphatic rings. The van der Waals surface area contributed by atoms with Crippen molar-refractivity contribution in [3.63, 3.8) is 0 Å². The average Bonchev–Trinajstić information content (AvgIpc) is 2.78. The summed E-state index contributed by atoms with van der Waals surface area (Å²) in [6, 6.07) is 3.82. The lowest BCUT2D eigenvalue weighted by Gasteiger charge is -2.34. The number of piperazine rings is 1. The van der Waals surface area contributed by atoms with Crippen LogP contribution in [0.5, 0.6) is 0 Å². The zero-order valence-corrected chi connectivity index (χ0v) is 11.4. The Labute approximate surface area is 109 Å². The number of rotatable bonds is 5. The van der Waals surface area contributed by atoms with E-state index in [2.05, 4.69) is 16.7 Å². The first kappa shape index (κ1) is 13.3. The van der Waals surface area contributed by atoms with E-state index in [4.69, 9.17) is 0 Å². The Morgan fingerprint density at radius 3 is 2.44 bits per heavy atom. The number of carbonyl (C=O) groups is 1. The first-order chi connectivity index (χ1) is 8.70. The van der Waals surface area contributed by atoms with Crippen LogP contribution >= 0.6 is 0 Å². The van der Waals surface area contributed by atoms with Gasteiger partial charge in [-0.15, -0.1) is 0 Å². The maximum atomic E-state index is 12.1. The van der Waals surface area contributed by atoms with Gasteiger partial charge in [-0.3, -0.25) is 9.69 Å². The lowest BCUT2D eigenvalue weighted by molar-refractivity contribution is 0.0845. The van der Waals surface area contributed by atoms with Gasteiger partial charge in [0.1, 0.15) is 0 Å². The van der Waals surface area contributed by atoms with Crippen LogP contribution < -0.4 is 0 Å². The van der Waals surface area contributed by atoms with Crippen molar-refractivity contribution in [2.75, 3.05) is 39.3 Å². The van der Waals surface area contributed by atoms with E-state index >= 15 is 0 Å². The Morgan fingerprint density at radius 1 is 1.22 bits per heavy atom. The second-order valence-corrected chi connectivity index (χ2v) is 5.05. The first-order valence-corrected chi connectivity index (χ1v) is 6.80. The predicted octanol–water partition coefficient (Wildman–Crippen LogP) is 1.24. The Bertz CT molecular complexity index is 391. The maximum absolute atomic E-state index is 12.1. The smallest absolute Gasteiger partial charge is 0.193 e. The van der Waals surface area contributed by atoms with E-state index < -0.39 is 0 Å². The molecule has 2 heterocycles. The quantitative estimate of drug-likeness (QED) is 0.735. The van der Waals surface area contributed by atoms with Gasteiger partial charge in [-0.2, -0.15) is 0 Å². The molecule has 2 rings (SSSR count). The van der Waals surface area contributed by atoms with E-state index in [1.54, 1.807) is 0 Å². The minimum Gasteiger partial charge on any atom is -0.348 e. The van der Waals surface area contributed by atoms with Crippen LogP contribution in [0.25, 0.3) is 0 Å². The Balaban J connectivity index is 1.81. The van der Waals surface area contributed by atoms with Crippen molar-refractivity contribution in [3.8, 4) is 0 Å². The summed E-state index contributed by atoms with van der Waals surface area (Å²) < 4.78 is 1.90. The second kappa shape index (κ2) is 6.16. The third-order valence-corrected chi connectivity index (χ3v) is 3.60. The molecule has 0 N–H and O–H groups in total. The fraction of sp³-hybridized carbons (Fsp3) is 0.643. The first-order valence-electron chi connectivity index (χ1n) is 6.80. The fourth-order valence-electron chi connectivity index (χ4n) is 2.52. The number of Topliss-reactive ketones (excluding diaryl/α,β-unsaturated/α-hetero) is 1. The van der Waals surface area contributed by atoms with Crippen LogP contribution in [0, 0.1) is 0 Å². The van der Waals surface area contributed by atoms with Gasteiger partial charge in [0.25, 0.3) is 0 Å². The van der Waals surface area contributed by atoms with Crippen molar-refractivity contribution in [2.45, 2.75) is 13.3 Å². The Kier molecular flexibility index (Phi) is 4.55. The van der Waals surface area contributed by atoms with E-state index in [1.807, 2.05) is 29.9 Å². The van der Waals surface area contributed by atoms with Crippen LogP contribution in [0.3, 0.4) is 0 Å². The number of carbonyl (C=O) groups excluding carboxylic acids is 1. The van der Waals surface area contributed by atoms with Gasteiger partial charge in [0.05, 0.1) is 12.2 Å². The lowest BCUT2D eigenvalue weighted by Crippen LogP contribution is -2.48. The van der Waals surface area contributed by atoms with Gasteiger partial charge in [-0.1, -0.05) is 6.92 Å². The number of hydrogen-bond donors (Lipinski definition) is 0. The van der Waals surface area contributed by atoms with Crippen molar-refractivity contribution >= 4 is 5.78 Å². The normalized spacial score (nSPS) is 18.1. The largest absolute Gasteiger partial charge is 0.348 e. The molecule has 0 radical (unpaired) electrons. The van der Waals surface area contributed by atoms with Gasteiger partial charge >= 0.3 is 0 Å². The monoisotopic (exact) mass is 249 g/mol. The van der Waals surface area contributed by atoms with Crippen LogP contribution in [0.4, 0.5) is 0 Å². The van der Waals surface area contributed by atoms with E-state index in [-0.39, 0.29) is 5.78 Å². The molecule has 1 aromatic heterocycles. The molecular weight excluding hydrogens is 226 g/mol. The Morgan fingerprint density at radius 2 is 1.89 bits per heavy atom. The molecule has 1 aliphatic heterocycles. The molecule has 0 saturated carbocycles. The van der Waals surface area contributed by atoms with Crippen molar-refractivity contribution < 1.29 is 4.79 Å². The van der Waals surface area contributed by atoms with E-state index in [0.717, 1.165) is 31.9 Å². The molecule has 4 heteroatoms. The highest BCUT2D eigenvalue weighted by atomic mass is 16.1. The van der Waals surface area contributed by atoms with Crippen molar-refractivity contribution in [1.82, 2.24) is 14.4 Å². The summed E-state index contributed by atoms with van der Waals surface area (Å²) in [5.74, 6) is 0.228. The summed E-state index contributed by atoms with van der Waals surface area (Å²) in [6.07, 6.45) is 3.13. The molecular formula is C14H23N3O. The summed E-state index contributed by atoms with van der Waals surface area (Å²) in [5, 5.41) is 0. The number of hydrogen-bond acceptors (Lipinski definition) is 3. The molecule has 0 aromatic carbocycles. The van der Waals surface area contributed by atoms with Gasteiger partial charge in [0, 0.05) is 39.4 Å². The van der Waals surface area contributed by atoms with Crippen molar-refractivity contribution in [1.29, 1.82) is 0 Å². The molecule has 0 bridgehead atoms. The van der Waals surface area contributed by atoms with E-state index in [1.165, 1.54) is 13.0 Å². The lowest BCUT2D eigenvalue weighted by atomic mass is 10.2. The summed E-state index contributed by atoms with van der Waals surface area (Å²) >= 11 is 0. The topological polar surface area (TPSA) is 28.5 Å². The van der Waals surface area contributed by atoms with Crippen LogP contribution in [0.2, 0.25) is 0 Å². The van der Waals surface area contributed by atoms with Crippen LogP contribution in [-0.2, 0) is 7.05 Å². The highest BCUT2D eigenvalue weighted by Gasteiger charge is 2.19. The van der Waals surface area contributed by atoms with Crippen molar-refractivity contribution in [3.05, 3.63) is 24.0 Å². The van der Waals surface area contributed by atoms with Gasteiger partial charge in [0.15, 0.2) is 5.78 Å². The Hall–Kier alpha value is -1.13.